The Hall–Kier alpha value is -2.00. The zero-order valence-electron chi connectivity index (χ0n) is 9.63. The van der Waals surface area contributed by atoms with E-state index < -0.39 is 32.5 Å². The lowest BCUT2D eigenvalue weighted by Crippen LogP contribution is -2.15. The third-order valence-corrected chi connectivity index (χ3v) is 4.68. The van der Waals surface area contributed by atoms with Gasteiger partial charge in [-0.15, -0.1) is 11.3 Å². The second-order valence-corrected chi connectivity index (χ2v) is 6.25. The van der Waals surface area contributed by atoms with Crippen LogP contribution in [-0.2, 0) is 10.0 Å². The van der Waals surface area contributed by atoms with Crippen molar-refractivity contribution < 1.29 is 27.1 Å². The van der Waals surface area contributed by atoms with E-state index in [1.165, 1.54) is 5.38 Å². The fraction of sp³-hybridized carbons (Fsp3) is 0. The van der Waals surface area contributed by atoms with Gasteiger partial charge in [0.1, 0.15) is 21.4 Å². The van der Waals surface area contributed by atoms with Crippen molar-refractivity contribution in [3.05, 3.63) is 46.2 Å². The van der Waals surface area contributed by atoms with Gasteiger partial charge in [-0.25, -0.2) is 22.0 Å². The minimum atomic E-state index is -4.23. The summed E-state index contributed by atoms with van der Waals surface area (Å²) >= 11 is 0.735. The Morgan fingerprint density at radius 1 is 1.20 bits per heavy atom. The normalized spacial score (nSPS) is 11.3. The van der Waals surface area contributed by atoms with Crippen molar-refractivity contribution in [2.24, 2.45) is 0 Å². The van der Waals surface area contributed by atoms with E-state index in [1.807, 2.05) is 4.72 Å². The maximum atomic E-state index is 13.0. The average Bonchev–Trinajstić information content (AvgIpc) is 2.75. The number of thiophene rings is 1. The zero-order chi connectivity index (χ0) is 14.9. The molecule has 9 heteroatoms. The molecule has 20 heavy (non-hydrogen) atoms. The highest BCUT2D eigenvalue weighted by molar-refractivity contribution is 7.93. The highest BCUT2D eigenvalue weighted by Gasteiger charge is 2.24. The quantitative estimate of drug-likeness (QED) is 0.907. The molecule has 1 aromatic carbocycles. The van der Waals surface area contributed by atoms with Crippen molar-refractivity contribution in [2.75, 3.05) is 4.72 Å². The number of anilines is 1. The Morgan fingerprint density at radius 3 is 2.35 bits per heavy atom. The van der Waals surface area contributed by atoms with Crippen LogP contribution < -0.4 is 4.72 Å². The second-order valence-electron chi connectivity index (χ2n) is 3.68. The van der Waals surface area contributed by atoms with E-state index >= 15 is 0 Å². The van der Waals surface area contributed by atoms with Crippen LogP contribution in [0.1, 0.15) is 9.67 Å². The number of aromatic carboxylic acids is 1. The van der Waals surface area contributed by atoms with Gasteiger partial charge in [-0.1, -0.05) is 0 Å². The Kier molecular flexibility index (Phi) is 3.73. The first-order valence-electron chi connectivity index (χ1n) is 5.09. The van der Waals surface area contributed by atoms with Crippen molar-refractivity contribution in [3.63, 3.8) is 0 Å². The number of sulfonamides is 1. The van der Waals surface area contributed by atoms with Gasteiger partial charge in [-0.05, 0) is 23.6 Å². The molecule has 0 bridgehead atoms. The van der Waals surface area contributed by atoms with E-state index in [0.29, 0.717) is 6.07 Å². The molecule has 0 aliphatic rings. The molecule has 5 nitrogen and oxygen atoms in total. The molecule has 0 amide bonds. The van der Waals surface area contributed by atoms with Crippen LogP contribution in [0.25, 0.3) is 0 Å². The van der Waals surface area contributed by atoms with Gasteiger partial charge in [-0.2, -0.15) is 0 Å². The first-order chi connectivity index (χ1) is 9.29. The van der Waals surface area contributed by atoms with Crippen molar-refractivity contribution in [1.82, 2.24) is 0 Å². The molecule has 1 aromatic heterocycles. The van der Waals surface area contributed by atoms with Gasteiger partial charge in [0.05, 0.1) is 5.69 Å². The average molecular weight is 319 g/mol. The fourth-order valence-corrected chi connectivity index (χ4v) is 3.79. The van der Waals surface area contributed by atoms with Crippen LogP contribution in [0.15, 0.2) is 34.5 Å². The lowest BCUT2D eigenvalue weighted by molar-refractivity contribution is 0.0698. The summed E-state index contributed by atoms with van der Waals surface area (Å²) < 4.78 is 51.9. The molecule has 0 atom stereocenters. The van der Waals surface area contributed by atoms with Gasteiger partial charge in [0.25, 0.3) is 10.0 Å². The third-order valence-electron chi connectivity index (χ3n) is 2.23. The van der Waals surface area contributed by atoms with Gasteiger partial charge in [0.2, 0.25) is 0 Å². The molecule has 0 unspecified atom stereocenters. The number of carboxylic acid groups (broad SMARTS) is 1. The molecular formula is C11H7F2NO4S2. The molecular weight excluding hydrogens is 312 g/mol. The Balaban J connectivity index is 2.41. The van der Waals surface area contributed by atoms with Gasteiger partial charge < -0.3 is 5.11 Å². The minimum absolute atomic E-state index is 0.329. The summed E-state index contributed by atoms with van der Waals surface area (Å²) in [4.78, 5) is 10.0. The van der Waals surface area contributed by atoms with E-state index in [-0.39, 0.29) is 10.6 Å². The molecule has 0 aliphatic heterocycles. The van der Waals surface area contributed by atoms with E-state index in [1.54, 1.807) is 0 Å². The van der Waals surface area contributed by atoms with Crippen molar-refractivity contribution in [2.45, 2.75) is 4.90 Å². The van der Waals surface area contributed by atoms with Crippen LogP contribution in [0.5, 0.6) is 0 Å². The Labute approximate surface area is 116 Å². The zero-order valence-corrected chi connectivity index (χ0v) is 11.3. The van der Waals surface area contributed by atoms with Crippen molar-refractivity contribution in [3.8, 4) is 0 Å². The number of hydrogen-bond acceptors (Lipinski definition) is 4. The summed E-state index contributed by atoms with van der Waals surface area (Å²) in [6.07, 6.45) is 0. The van der Waals surface area contributed by atoms with Gasteiger partial charge in [0.15, 0.2) is 0 Å². The summed E-state index contributed by atoms with van der Waals surface area (Å²) in [7, 11) is -4.23. The van der Waals surface area contributed by atoms with E-state index in [4.69, 9.17) is 5.11 Å². The second kappa shape index (κ2) is 5.17. The molecule has 0 saturated carbocycles. The highest BCUT2D eigenvalue weighted by atomic mass is 32.2. The summed E-state index contributed by atoms with van der Waals surface area (Å²) in [5.41, 5.74) is -0.329. The first kappa shape index (κ1) is 14.4. The third kappa shape index (κ3) is 2.94. The number of hydrogen-bond donors (Lipinski definition) is 2. The molecule has 1 heterocycles. The lowest BCUT2D eigenvalue weighted by atomic mass is 10.3. The number of rotatable bonds is 4. The van der Waals surface area contributed by atoms with Crippen LogP contribution in [0.4, 0.5) is 14.5 Å². The van der Waals surface area contributed by atoms with Crippen LogP contribution in [0, 0.1) is 11.6 Å². The van der Waals surface area contributed by atoms with Gasteiger partial charge in [0, 0.05) is 6.07 Å². The van der Waals surface area contributed by atoms with Crippen LogP contribution in [0.3, 0.4) is 0 Å². The predicted molar refractivity (Wildman–Crippen MR) is 68.4 cm³/mol. The molecule has 0 spiro atoms. The molecule has 0 aliphatic carbocycles. The lowest BCUT2D eigenvalue weighted by Gasteiger charge is -2.07. The smallest absolute Gasteiger partial charge is 0.347 e. The fourth-order valence-electron chi connectivity index (χ4n) is 1.49. The molecule has 0 radical (unpaired) electrons. The summed E-state index contributed by atoms with van der Waals surface area (Å²) in [5, 5.41) is 10.2. The molecule has 0 saturated heterocycles. The Morgan fingerprint density at radius 2 is 1.80 bits per heavy atom. The number of benzene rings is 1. The van der Waals surface area contributed by atoms with Crippen molar-refractivity contribution in [1.29, 1.82) is 0 Å². The van der Waals surface area contributed by atoms with Gasteiger partial charge in [-0.3, -0.25) is 4.72 Å². The summed E-state index contributed by atoms with van der Waals surface area (Å²) in [6.45, 7) is 0. The maximum Gasteiger partial charge on any atom is 0.347 e. The largest absolute Gasteiger partial charge is 0.477 e. The van der Waals surface area contributed by atoms with Crippen molar-refractivity contribution >= 4 is 33.0 Å². The monoisotopic (exact) mass is 319 g/mol. The van der Waals surface area contributed by atoms with Gasteiger partial charge >= 0.3 is 5.97 Å². The number of carboxylic acids is 1. The minimum Gasteiger partial charge on any atom is -0.477 e. The SMILES string of the molecule is O=C(O)c1sccc1S(=O)(=O)Nc1cc(F)cc(F)c1. The standard InChI is InChI=1S/C11H7F2NO4S2/c12-6-3-7(13)5-8(4-6)14-20(17,18)9-1-2-19-10(9)11(15)16/h1-5,14H,(H,15,16). The van der Waals surface area contributed by atoms with E-state index in [9.17, 15) is 22.0 Å². The Bertz CT molecular complexity index is 750. The number of nitrogens with one attached hydrogen (secondary N) is 1. The topological polar surface area (TPSA) is 83.5 Å². The number of halogens is 2. The highest BCUT2D eigenvalue weighted by Crippen LogP contribution is 2.25. The molecule has 2 aromatic rings. The van der Waals surface area contributed by atoms with E-state index in [0.717, 1.165) is 29.5 Å². The maximum absolute atomic E-state index is 13.0. The molecule has 106 valence electrons. The van der Waals surface area contributed by atoms with Crippen LogP contribution in [-0.4, -0.2) is 19.5 Å². The first-order valence-corrected chi connectivity index (χ1v) is 7.45. The molecule has 2 rings (SSSR count). The van der Waals surface area contributed by atoms with Crippen LogP contribution >= 0.6 is 11.3 Å². The van der Waals surface area contributed by atoms with E-state index in [2.05, 4.69) is 0 Å². The molecule has 2 N–H and O–H groups in total. The summed E-state index contributed by atoms with van der Waals surface area (Å²) in [6, 6.07) is 3.26. The molecule has 0 fully saturated rings. The summed E-state index contributed by atoms with van der Waals surface area (Å²) in [5.74, 6) is -3.30. The van der Waals surface area contributed by atoms with Crippen LogP contribution in [0.2, 0.25) is 0 Å². The number of carbonyl (C=O) groups is 1. The predicted octanol–water partition coefficient (Wildman–Crippen LogP) is 2.53.